The zero-order valence-electron chi connectivity index (χ0n) is 12.8. The molecule has 3 rings (SSSR count). The lowest BCUT2D eigenvalue weighted by atomic mass is 9.74. The predicted octanol–water partition coefficient (Wildman–Crippen LogP) is 4.43. The highest BCUT2D eigenvalue weighted by Crippen LogP contribution is 2.44. The molecule has 3 nitrogen and oxygen atoms in total. The molecule has 0 aromatic heterocycles. The number of carboxylic acid groups (broad SMARTS) is 1. The first-order chi connectivity index (χ1) is 10.9. The summed E-state index contributed by atoms with van der Waals surface area (Å²) >= 11 is 6.03. The van der Waals surface area contributed by atoms with Crippen molar-refractivity contribution in [3.63, 3.8) is 0 Å². The molecular weight excluding hydrogens is 317 g/mol. The lowest BCUT2D eigenvalue weighted by molar-refractivity contribution is -0.139. The molecule has 0 fully saturated rings. The number of benzene rings is 2. The van der Waals surface area contributed by atoms with Gasteiger partial charge < -0.3 is 10.4 Å². The maximum absolute atomic E-state index is 14.3. The number of aliphatic carboxylic acids is 1. The highest BCUT2D eigenvalue weighted by Gasteiger charge is 2.39. The third-order valence-corrected chi connectivity index (χ3v) is 4.66. The van der Waals surface area contributed by atoms with Crippen molar-refractivity contribution in [1.82, 2.24) is 0 Å². The van der Waals surface area contributed by atoms with Crippen LogP contribution in [0.1, 0.15) is 29.5 Å². The number of carboxylic acids is 1. The number of nitrogens with one attached hydrogen (secondary N) is 1. The number of hydrogen-bond donors (Lipinski definition) is 2. The highest BCUT2D eigenvalue weighted by molar-refractivity contribution is 6.30. The van der Waals surface area contributed by atoms with Crippen molar-refractivity contribution in [2.75, 3.05) is 5.32 Å². The standard InChI is InChI=1S/C18H17ClFNO2/c1-9-4-3-5-11(6-9)15-10(2)16(18(22)23)21-17-13(15)7-12(19)8-14(17)20/h3-8,10,15-16,21H,1-2H3,(H,22,23). The minimum absolute atomic E-state index is 0.228. The molecule has 0 spiro atoms. The number of fused-ring (bicyclic) bond motifs is 1. The van der Waals surface area contributed by atoms with E-state index >= 15 is 0 Å². The van der Waals surface area contributed by atoms with Crippen molar-refractivity contribution in [3.05, 3.63) is 63.9 Å². The van der Waals surface area contributed by atoms with Gasteiger partial charge in [0.05, 0.1) is 5.69 Å². The predicted molar refractivity (Wildman–Crippen MR) is 88.6 cm³/mol. The number of rotatable bonds is 2. The maximum atomic E-state index is 14.3. The van der Waals surface area contributed by atoms with Crippen LogP contribution in [0.4, 0.5) is 10.1 Å². The van der Waals surface area contributed by atoms with Gasteiger partial charge in [-0.05, 0) is 36.1 Å². The van der Waals surface area contributed by atoms with Crippen LogP contribution in [0.25, 0.3) is 0 Å². The maximum Gasteiger partial charge on any atom is 0.326 e. The first-order valence-corrected chi connectivity index (χ1v) is 7.81. The Labute approximate surface area is 139 Å². The highest BCUT2D eigenvalue weighted by atomic mass is 35.5. The Balaban J connectivity index is 2.22. The average Bonchev–Trinajstić information content (AvgIpc) is 2.46. The summed E-state index contributed by atoms with van der Waals surface area (Å²) in [6.45, 7) is 3.84. The van der Waals surface area contributed by atoms with E-state index in [2.05, 4.69) is 5.32 Å². The molecule has 0 bridgehead atoms. The second-order valence-corrected chi connectivity index (χ2v) is 6.50. The van der Waals surface area contributed by atoms with E-state index in [0.29, 0.717) is 10.6 Å². The van der Waals surface area contributed by atoms with Crippen molar-refractivity contribution >= 4 is 23.3 Å². The van der Waals surface area contributed by atoms with Crippen LogP contribution in [0.3, 0.4) is 0 Å². The molecular formula is C18H17ClFNO2. The second-order valence-electron chi connectivity index (χ2n) is 6.06. The molecule has 2 aromatic carbocycles. The fourth-order valence-corrected chi connectivity index (χ4v) is 3.60. The Kier molecular flexibility index (Phi) is 4.02. The summed E-state index contributed by atoms with van der Waals surface area (Å²) < 4.78 is 14.3. The molecule has 0 aliphatic carbocycles. The van der Waals surface area contributed by atoms with Gasteiger partial charge in [0.15, 0.2) is 0 Å². The second kappa shape index (κ2) is 5.85. The molecule has 23 heavy (non-hydrogen) atoms. The zero-order chi connectivity index (χ0) is 16.7. The first kappa shape index (κ1) is 15.8. The monoisotopic (exact) mass is 333 g/mol. The van der Waals surface area contributed by atoms with Crippen molar-refractivity contribution < 1.29 is 14.3 Å². The van der Waals surface area contributed by atoms with Gasteiger partial charge in [-0.3, -0.25) is 0 Å². The summed E-state index contributed by atoms with van der Waals surface area (Å²) in [5.41, 5.74) is 2.97. The van der Waals surface area contributed by atoms with Crippen LogP contribution in [0.2, 0.25) is 5.02 Å². The third kappa shape index (κ3) is 2.79. The number of carbonyl (C=O) groups is 1. The lowest BCUT2D eigenvalue weighted by Crippen LogP contribution is -2.42. The van der Waals surface area contributed by atoms with Gasteiger partial charge in [-0.15, -0.1) is 0 Å². The Hall–Kier alpha value is -2.07. The molecule has 1 heterocycles. The number of hydrogen-bond acceptors (Lipinski definition) is 2. The topological polar surface area (TPSA) is 49.3 Å². The van der Waals surface area contributed by atoms with E-state index in [-0.39, 0.29) is 17.5 Å². The van der Waals surface area contributed by atoms with E-state index in [9.17, 15) is 14.3 Å². The number of aryl methyl sites for hydroxylation is 1. The van der Waals surface area contributed by atoms with Crippen molar-refractivity contribution in [2.24, 2.45) is 5.92 Å². The molecule has 0 saturated carbocycles. The van der Waals surface area contributed by atoms with Crippen molar-refractivity contribution in [3.8, 4) is 0 Å². The lowest BCUT2D eigenvalue weighted by Gasteiger charge is -2.37. The van der Waals surface area contributed by atoms with E-state index in [4.69, 9.17) is 11.6 Å². The van der Waals surface area contributed by atoms with Crippen LogP contribution in [0.15, 0.2) is 36.4 Å². The summed E-state index contributed by atoms with van der Waals surface area (Å²) in [4.78, 5) is 11.6. The van der Waals surface area contributed by atoms with Gasteiger partial charge >= 0.3 is 5.97 Å². The van der Waals surface area contributed by atoms with E-state index in [1.54, 1.807) is 6.07 Å². The molecule has 0 saturated heterocycles. The summed E-state index contributed by atoms with van der Waals surface area (Å²) in [6, 6.07) is 9.92. The van der Waals surface area contributed by atoms with E-state index in [0.717, 1.165) is 11.1 Å². The summed E-state index contributed by atoms with van der Waals surface area (Å²) in [7, 11) is 0. The van der Waals surface area contributed by atoms with Gasteiger partial charge in [-0.25, -0.2) is 9.18 Å². The van der Waals surface area contributed by atoms with Gasteiger partial charge in [0.1, 0.15) is 11.9 Å². The van der Waals surface area contributed by atoms with E-state index in [1.165, 1.54) is 6.07 Å². The summed E-state index contributed by atoms with van der Waals surface area (Å²) in [5.74, 6) is -2.00. The molecule has 1 aliphatic rings. The van der Waals surface area contributed by atoms with Gasteiger partial charge in [0.25, 0.3) is 0 Å². The molecule has 0 amide bonds. The molecule has 3 atom stereocenters. The third-order valence-electron chi connectivity index (χ3n) is 4.44. The minimum Gasteiger partial charge on any atom is -0.480 e. The minimum atomic E-state index is -0.991. The summed E-state index contributed by atoms with van der Waals surface area (Å²) in [6.07, 6.45) is 0. The fourth-order valence-electron chi connectivity index (χ4n) is 3.39. The van der Waals surface area contributed by atoms with Gasteiger partial charge in [0, 0.05) is 10.9 Å². The van der Waals surface area contributed by atoms with E-state index in [1.807, 2.05) is 38.1 Å². The molecule has 120 valence electrons. The SMILES string of the molecule is Cc1cccc(C2c3cc(Cl)cc(F)c3NC(C(=O)O)C2C)c1. The number of halogens is 2. The van der Waals surface area contributed by atoms with E-state index < -0.39 is 17.8 Å². The molecule has 2 aromatic rings. The van der Waals surface area contributed by atoms with Gasteiger partial charge in [0.2, 0.25) is 0 Å². The first-order valence-electron chi connectivity index (χ1n) is 7.43. The van der Waals surface area contributed by atoms with Crippen LogP contribution in [0, 0.1) is 18.7 Å². The van der Waals surface area contributed by atoms with Gasteiger partial charge in [-0.1, -0.05) is 48.4 Å². The van der Waals surface area contributed by atoms with Crippen LogP contribution < -0.4 is 5.32 Å². The molecule has 3 unspecified atom stereocenters. The van der Waals surface area contributed by atoms with Gasteiger partial charge in [-0.2, -0.15) is 0 Å². The zero-order valence-corrected chi connectivity index (χ0v) is 13.6. The fraction of sp³-hybridized carbons (Fsp3) is 0.278. The Morgan fingerprint density at radius 3 is 2.70 bits per heavy atom. The Morgan fingerprint density at radius 1 is 1.30 bits per heavy atom. The quantitative estimate of drug-likeness (QED) is 0.854. The largest absolute Gasteiger partial charge is 0.480 e. The molecule has 5 heteroatoms. The smallest absolute Gasteiger partial charge is 0.326 e. The van der Waals surface area contributed by atoms with Crippen LogP contribution in [-0.2, 0) is 4.79 Å². The Bertz CT molecular complexity index is 778. The summed E-state index contributed by atoms with van der Waals surface area (Å²) in [5, 5.41) is 12.6. The Morgan fingerprint density at radius 2 is 2.04 bits per heavy atom. The van der Waals surface area contributed by atoms with Crippen molar-refractivity contribution in [2.45, 2.75) is 25.8 Å². The molecule has 2 N–H and O–H groups in total. The van der Waals surface area contributed by atoms with Crippen LogP contribution in [0.5, 0.6) is 0 Å². The van der Waals surface area contributed by atoms with Crippen LogP contribution in [-0.4, -0.2) is 17.1 Å². The normalized spacial score (nSPS) is 23.0. The average molecular weight is 334 g/mol. The molecule has 1 aliphatic heterocycles. The molecule has 0 radical (unpaired) electrons. The van der Waals surface area contributed by atoms with Crippen molar-refractivity contribution in [1.29, 1.82) is 0 Å². The van der Waals surface area contributed by atoms with Crippen LogP contribution >= 0.6 is 11.6 Å². The number of anilines is 1.